The third-order valence-electron chi connectivity index (χ3n) is 3.56. The van der Waals surface area contributed by atoms with Gasteiger partial charge in [-0.15, -0.1) is 0 Å². The van der Waals surface area contributed by atoms with Crippen LogP contribution in [-0.4, -0.2) is 0 Å². The maximum atomic E-state index is 2.27. The lowest BCUT2D eigenvalue weighted by molar-refractivity contribution is 1.68. The van der Waals surface area contributed by atoms with Crippen molar-refractivity contribution in [1.82, 2.24) is 0 Å². The van der Waals surface area contributed by atoms with Crippen LogP contribution in [0.5, 0.6) is 0 Å². The fourth-order valence-electron chi connectivity index (χ4n) is 2.63. The summed E-state index contributed by atoms with van der Waals surface area (Å²) in [5, 5.41) is 5.19. The lowest BCUT2D eigenvalue weighted by Crippen LogP contribution is -1.80. The quantitative estimate of drug-likeness (QED) is 0.490. The predicted octanol–water partition coefficient (Wildman–Crippen LogP) is 6.06. The second-order valence-corrected chi connectivity index (χ2v) is 5.07. The van der Waals surface area contributed by atoms with Crippen molar-refractivity contribution in [3.63, 3.8) is 0 Å². The van der Waals surface area contributed by atoms with Gasteiger partial charge in [0.1, 0.15) is 0 Å². The highest BCUT2D eigenvalue weighted by molar-refractivity contribution is 5.99. The van der Waals surface area contributed by atoms with Gasteiger partial charge < -0.3 is 0 Å². The maximum Gasteiger partial charge on any atom is -0.0172 e. The van der Waals surface area contributed by atoms with E-state index in [9.17, 15) is 0 Å². The van der Waals surface area contributed by atoms with E-state index in [-0.39, 0.29) is 0 Å². The molecule has 0 fully saturated rings. The summed E-state index contributed by atoms with van der Waals surface area (Å²) in [5.41, 5.74) is 2.51. The Bertz CT molecular complexity index is 748. The summed E-state index contributed by atoms with van der Waals surface area (Å²) in [5.74, 6) is 0. The number of hydrogen-bond donors (Lipinski definition) is 0. The molecule has 0 unspecified atom stereocenters. The molecule has 0 spiro atoms. The molecule has 0 aliphatic heterocycles. The third-order valence-corrected chi connectivity index (χ3v) is 3.56. The highest BCUT2D eigenvalue weighted by Gasteiger charge is 1.99. The number of allylic oxidation sites excluding steroid dienone is 2. The molecule has 0 aliphatic rings. The van der Waals surface area contributed by atoms with Crippen LogP contribution in [0.1, 0.15) is 25.0 Å². The van der Waals surface area contributed by atoms with Crippen LogP contribution < -0.4 is 0 Å². The van der Waals surface area contributed by atoms with Crippen LogP contribution in [-0.2, 0) is 0 Å². The van der Waals surface area contributed by atoms with Crippen molar-refractivity contribution in [2.45, 2.75) is 13.8 Å². The van der Waals surface area contributed by atoms with Gasteiger partial charge in [0.25, 0.3) is 0 Å². The Morgan fingerprint density at radius 1 is 0.550 bits per heavy atom. The second-order valence-electron chi connectivity index (χ2n) is 5.07. The molecule has 0 bridgehead atoms. The van der Waals surface area contributed by atoms with E-state index in [1.807, 2.05) is 13.8 Å². The first-order valence-corrected chi connectivity index (χ1v) is 7.03. The molecule has 0 amide bonds. The van der Waals surface area contributed by atoms with Gasteiger partial charge >= 0.3 is 0 Å². The predicted molar refractivity (Wildman–Crippen MR) is 90.9 cm³/mol. The van der Waals surface area contributed by atoms with Crippen molar-refractivity contribution in [3.05, 3.63) is 71.8 Å². The van der Waals surface area contributed by atoms with E-state index in [2.05, 4.69) is 72.8 Å². The zero-order valence-corrected chi connectivity index (χ0v) is 11.9. The Labute approximate surface area is 120 Å². The summed E-state index contributed by atoms with van der Waals surface area (Å²) in [4.78, 5) is 0. The Morgan fingerprint density at radius 3 is 1.40 bits per heavy atom. The molecule has 3 aromatic rings. The fourth-order valence-corrected chi connectivity index (χ4v) is 2.63. The van der Waals surface area contributed by atoms with Crippen molar-refractivity contribution in [2.75, 3.05) is 0 Å². The normalized spacial score (nSPS) is 12.1. The first kappa shape index (κ1) is 12.7. The van der Waals surface area contributed by atoms with Gasteiger partial charge in [-0.05, 0) is 70.8 Å². The van der Waals surface area contributed by atoms with Crippen LogP contribution >= 0.6 is 0 Å². The molecule has 0 radical (unpaired) electrons. The smallest absolute Gasteiger partial charge is 0.0172 e. The summed E-state index contributed by atoms with van der Waals surface area (Å²) in [6.07, 6.45) is 8.43. The molecular weight excluding hydrogens is 240 g/mol. The van der Waals surface area contributed by atoms with Gasteiger partial charge in [0.15, 0.2) is 0 Å². The van der Waals surface area contributed by atoms with Crippen LogP contribution in [0.15, 0.2) is 60.7 Å². The van der Waals surface area contributed by atoms with Crippen molar-refractivity contribution in [3.8, 4) is 0 Å². The minimum absolute atomic E-state index is 1.25. The van der Waals surface area contributed by atoms with Crippen molar-refractivity contribution < 1.29 is 0 Å². The van der Waals surface area contributed by atoms with E-state index < -0.39 is 0 Å². The molecule has 0 saturated carbocycles. The Balaban J connectivity index is 2.22. The minimum atomic E-state index is 1.25. The number of fused-ring (bicyclic) bond motifs is 2. The molecule has 0 atom stereocenters. The van der Waals surface area contributed by atoms with Gasteiger partial charge in [0.2, 0.25) is 0 Å². The van der Waals surface area contributed by atoms with E-state index in [0.29, 0.717) is 0 Å². The molecule has 0 heterocycles. The molecule has 0 nitrogen and oxygen atoms in total. The molecule has 20 heavy (non-hydrogen) atoms. The van der Waals surface area contributed by atoms with Gasteiger partial charge in [0.05, 0.1) is 0 Å². The monoisotopic (exact) mass is 258 g/mol. The summed E-state index contributed by atoms with van der Waals surface area (Å²) in [7, 11) is 0. The molecule has 3 rings (SSSR count). The highest BCUT2D eigenvalue weighted by Crippen LogP contribution is 2.25. The molecule has 98 valence electrons. The van der Waals surface area contributed by atoms with Gasteiger partial charge in [-0.1, -0.05) is 48.6 Å². The summed E-state index contributed by atoms with van der Waals surface area (Å²) < 4.78 is 0. The number of rotatable bonds is 2. The van der Waals surface area contributed by atoms with Gasteiger partial charge in [-0.3, -0.25) is 0 Å². The largest absolute Gasteiger partial charge is 0.0871 e. The zero-order valence-electron chi connectivity index (χ0n) is 11.9. The first-order chi connectivity index (χ1) is 9.80. The lowest BCUT2D eigenvalue weighted by Gasteiger charge is -2.05. The lowest BCUT2D eigenvalue weighted by atomic mass is 10.00. The van der Waals surface area contributed by atoms with Crippen LogP contribution in [0.25, 0.3) is 33.7 Å². The Kier molecular flexibility index (Phi) is 3.39. The maximum absolute atomic E-state index is 2.27. The van der Waals surface area contributed by atoms with Gasteiger partial charge in [0, 0.05) is 0 Å². The first-order valence-electron chi connectivity index (χ1n) is 7.03. The number of hydrogen-bond acceptors (Lipinski definition) is 0. The molecule has 0 heteroatoms. The van der Waals surface area contributed by atoms with E-state index in [1.165, 1.54) is 32.7 Å². The van der Waals surface area contributed by atoms with E-state index in [1.54, 1.807) is 0 Å². The van der Waals surface area contributed by atoms with Crippen molar-refractivity contribution in [2.24, 2.45) is 0 Å². The number of benzene rings is 3. The van der Waals surface area contributed by atoms with E-state index >= 15 is 0 Å². The second kappa shape index (κ2) is 5.34. The summed E-state index contributed by atoms with van der Waals surface area (Å²) >= 11 is 0. The average molecular weight is 258 g/mol. The van der Waals surface area contributed by atoms with E-state index in [4.69, 9.17) is 0 Å². The molecule has 0 N–H and O–H groups in total. The van der Waals surface area contributed by atoms with Gasteiger partial charge in [-0.25, -0.2) is 0 Å². The average Bonchev–Trinajstić information content (AvgIpc) is 2.46. The SMILES string of the molecule is CC=Cc1ccc2cc3cc(C=CC)ccc3cc2c1. The Hall–Kier alpha value is -2.34. The van der Waals surface area contributed by atoms with Crippen LogP contribution in [0.3, 0.4) is 0 Å². The molecule has 0 aromatic heterocycles. The summed E-state index contributed by atoms with van der Waals surface area (Å²) in [6.45, 7) is 4.10. The fraction of sp³-hybridized carbons (Fsp3) is 0.100. The molecule has 0 saturated heterocycles. The topological polar surface area (TPSA) is 0 Å². The molecular formula is C20H18. The van der Waals surface area contributed by atoms with Crippen LogP contribution in [0.2, 0.25) is 0 Å². The minimum Gasteiger partial charge on any atom is -0.0871 e. The van der Waals surface area contributed by atoms with Crippen molar-refractivity contribution >= 4 is 33.7 Å². The Morgan fingerprint density at radius 2 is 1.00 bits per heavy atom. The van der Waals surface area contributed by atoms with Gasteiger partial charge in [-0.2, -0.15) is 0 Å². The standard InChI is InChI=1S/C20H18/c1-3-5-15-7-9-17-14-20-12-16(6-4-2)8-10-18(20)13-19(17)11-15/h3-14H,1-2H3. The van der Waals surface area contributed by atoms with Crippen molar-refractivity contribution in [1.29, 1.82) is 0 Å². The van der Waals surface area contributed by atoms with E-state index in [0.717, 1.165) is 0 Å². The molecule has 3 aromatic carbocycles. The zero-order chi connectivity index (χ0) is 13.9. The third kappa shape index (κ3) is 2.37. The highest BCUT2D eigenvalue weighted by atomic mass is 14.0. The molecule has 0 aliphatic carbocycles. The summed E-state index contributed by atoms with van der Waals surface area (Å²) in [6, 6.07) is 17.8. The van der Waals surface area contributed by atoms with Crippen LogP contribution in [0.4, 0.5) is 0 Å². The van der Waals surface area contributed by atoms with Crippen LogP contribution in [0, 0.1) is 0 Å².